The molecule has 60 heavy (non-hydrogen) atoms. The summed E-state index contributed by atoms with van der Waals surface area (Å²) in [6.07, 6.45) is 0. The predicted molar refractivity (Wildman–Crippen MR) is 267 cm³/mol. The van der Waals surface area contributed by atoms with Crippen LogP contribution in [0.25, 0.3) is 0 Å². The molecule has 0 bridgehead atoms. The third-order valence-electron chi connectivity index (χ3n) is 11.7. The van der Waals surface area contributed by atoms with Crippen molar-refractivity contribution in [2.45, 2.75) is 0 Å². The number of rotatable bonds is 13. The van der Waals surface area contributed by atoms with Crippen LogP contribution in [-0.4, -0.2) is 4.88 Å². The van der Waals surface area contributed by atoms with E-state index in [1.807, 2.05) is 0 Å². The number of carbonyl (C=O) groups excluding carboxylic acids is 1. The number of carbonyl (C=O) groups is 1. The molecule has 0 amide bonds. The Labute approximate surface area is 359 Å². The first kappa shape index (κ1) is 40.0. The summed E-state index contributed by atoms with van der Waals surface area (Å²) in [5, 5.41) is 11.5. The van der Waals surface area contributed by atoms with Gasteiger partial charge in [-0.2, -0.15) is 0 Å². The van der Waals surface area contributed by atoms with E-state index in [1.165, 1.54) is 47.7 Å². The number of hydrogen-bond acceptors (Lipinski definition) is 1. The first-order valence-corrected chi connectivity index (χ1v) is 34.2. The molecule has 299 valence electrons. The van der Waals surface area contributed by atoms with Gasteiger partial charge in [0.25, 0.3) is 0 Å². The van der Waals surface area contributed by atoms with Gasteiger partial charge in [0.1, 0.15) is 0 Å². The van der Waals surface area contributed by atoms with Crippen molar-refractivity contribution in [1.29, 1.82) is 0 Å². The fourth-order valence-corrected chi connectivity index (χ4v) is 112. The van der Waals surface area contributed by atoms with Crippen LogP contribution in [-0.2, 0) is 18.1 Å². The molecule has 0 spiro atoms. The van der Waals surface area contributed by atoms with Crippen molar-refractivity contribution in [3.8, 4) is 0 Å². The summed E-state index contributed by atoms with van der Waals surface area (Å²) in [5.41, 5.74) is -11.0. The van der Waals surface area contributed by atoms with Gasteiger partial charge < -0.3 is 0 Å². The third kappa shape index (κ3) is 6.16. The van der Waals surface area contributed by atoms with Gasteiger partial charge in [-0.1, -0.05) is 0 Å². The van der Waals surface area contributed by atoms with Crippen molar-refractivity contribution >= 4 is 69.4 Å². The van der Waals surface area contributed by atoms with Gasteiger partial charge in [-0.3, -0.25) is 0 Å². The third-order valence-corrected chi connectivity index (χ3v) is 82.8. The molecule has 0 N–H and O–H groups in total. The number of benzene rings is 9. The van der Waals surface area contributed by atoms with Crippen LogP contribution in [0.2, 0.25) is 0 Å². The summed E-state index contributed by atoms with van der Waals surface area (Å²) >= 11 is -4.48. The van der Waals surface area contributed by atoms with Gasteiger partial charge in [-0.25, -0.2) is 0 Å². The Bertz CT molecular complexity index is 2160. The zero-order valence-electron chi connectivity index (χ0n) is 34.3. The first-order chi connectivity index (χ1) is 29.8. The van der Waals surface area contributed by atoms with Crippen LogP contribution in [0.3, 0.4) is 0 Å². The standard InChI is InChI=1S/3C18H15P.CHO.Rh/c3*1-4-10-16(11-5-1)19(17-12-6-2-7-13-17)18-14-8-3-9-15-18;1-2;/h3*1-15H;1H;/q;;;;-3/p+4. The summed E-state index contributed by atoms with van der Waals surface area (Å²) < 4.78 is 0. The maximum absolute atomic E-state index is 17.1. The molecule has 0 fully saturated rings. The van der Waals surface area contributed by atoms with E-state index < -0.39 is 30.1 Å². The van der Waals surface area contributed by atoms with Crippen LogP contribution in [0.4, 0.5) is 0 Å². The maximum atomic E-state index is 17.1. The van der Waals surface area contributed by atoms with Crippen molar-refractivity contribution in [2.24, 2.45) is 0 Å². The molecule has 0 unspecified atom stereocenters. The fourth-order valence-electron chi connectivity index (χ4n) is 9.55. The van der Waals surface area contributed by atoms with Crippen LogP contribution in [0.5, 0.6) is 0 Å². The smallest absolute Gasteiger partial charge is 1.00 e. The van der Waals surface area contributed by atoms with Crippen LogP contribution in [0, 0.1) is 0 Å². The minimum absolute atomic E-state index is 0. The van der Waals surface area contributed by atoms with Gasteiger partial charge in [0.2, 0.25) is 0 Å². The summed E-state index contributed by atoms with van der Waals surface area (Å²) in [5.74, 6) is 0. The second kappa shape index (κ2) is 17.7. The summed E-state index contributed by atoms with van der Waals surface area (Å²) in [7, 11) is 0. The summed E-state index contributed by atoms with van der Waals surface area (Å²) in [4.78, 5) is 18.8. The van der Waals surface area contributed by atoms with Crippen molar-refractivity contribution in [2.75, 3.05) is 0 Å². The Kier molecular flexibility index (Phi) is 11.8. The molecule has 0 aromatic heterocycles. The van der Waals surface area contributed by atoms with Gasteiger partial charge in [-0.15, -0.1) is 0 Å². The average molecular weight is 923 g/mol. The Balaban J connectivity index is 0.00000514. The molecule has 5 heteroatoms. The molecule has 0 aliphatic heterocycles. The molecule has 1 nitrogen and oxygen atoms in total. The molecule has 0 heterocycles. The molecule has 9 rings (SSSR count). The number of hydrogen-bond donors (Lipinski definition) is 0. The molecule has 0 saturated heterocycles. The van der Waals surface area contributed by atoms with Gasteiger partial charge >= 0.3 is 362 Å². The van der Waals surface area contributed by atoms with Crippen molar-refractivity contribution in [3.05, 3.63) is 273 Å². The maximum Gasteiger partial charge on any atom is 1.00 e. The monoisotopic (exact) mass is 922 g/mol. The minimum Gasteiger partial charge on any atom is 1.00 e. The van der Waals surface area contributed by atoms with E-state index in [4.69, 9.17) is 0 Å². The second-order valence-electron chi connectivity index (χ2n) is 14.8. The molecule has 0 saturated carbocycles. The van der Waals surface area contributed by atoms with E-state index in [9.17, 15) is 0 Å². The average Bonchev–Trinajstić information content (AvgIpc) is 3.35. The second-order valence-corrected chi connectivity index (χ2v) is 53.1. The van der Waals surface area contributed by atoms with Gasteiger partial charge in [0.05, 0.1) is 0 Å². The van der Waals surface area contributed by atoms with Crippen LogP contribution < -0.4 is 47.7 Å². The topological polar surface area (TPSA) is 17.1 Å². The van der Waals surface area contributed by atoms with Gasteiger partial charge in [0, 0.05) is 0 Å². The van der Waals surface area contributed by atoms with E-state index in [0.717, 1.165) is 0 Å². The summed E-state index contributed by atoms with van der Waals surface area (Å²) in [6.45, 7) is 0. The minimum atomic E-state index is -4.48. The molecule has 0 radical (unpaired) electrons. The van der Waals surface area contributed by atoms with E-state index in [1.54, 1.807) is 4.88 Å². The van der Waals surface area contributed by atoms with E-state index in [0.29, 0.717) is 0 Å². The molecule has 9 aromatic rings. The SMILES string of the molecule is O=[CH][Rh]([PH](c1ccccc1)(c1ccccc1)c1ccccc1)([PH](c1ccccc1)(c1ccccc1)c1ccccc1)[PH](c1ccccc1)(c1ccccc1)c1ccccc1.[H+]. The van der Waals surface area contributed by atoms with E-state index in [-0.39, 0.29) is 1.43 Å². The predicted octanol–water partition coefficient (Wildman–Crippen LogP) is 9.37. The molecular formula is C55H50OP3Rh+. The van der Waals surface area contributed by atoms with E-state index in [2.05, 4.69) is 273 Å². The summed E-state index contributed by atoms with van der Waals surface area (Å²) in [6, 6.07) is 102. The molecular weight excluding hydrogens is 872 g/mol. The molecule has 9 aromatic carbocycles. The molecule has 0 aliphatic rings. The van der Waals surface area contributed by atoms with Gasteiger partial charge in [-0.05, 0) is 0 Å². The zero-order valence-corrected chi connectivity index (χ0v) is 37.9. The van der Waals surface area contributed by atoms with Crippen molar-refractivity contribution in [1.82, 2.24) is 0 Å². The van der Waals surface area contributed by atoms with Crippen LogP contribution in [0.15, 0.2) is 273 Å². The first-order valence-electron chi connectivity index (χ1n) is 20.4. The Morgan fingerprint density at radius 2 is 0.350 bits per heavy atom. The zero-order chi connectivity index (χ0) is 40.7. The fraction of sp³-hybridized carbons (Fsp3) is 0. The van der Waals surface area contributed by atoms with Gasteiger partial charge in [0.15, 0.2) is 0 Å². The molecule has 0 aliphatic carbocycles. The Morgan fingerprint density at radius 3 is 0.450 bits per heavy atom. The largest absolute Gasteiger partial charge is 1.00 e. The Morgan fingerprint density at radius 1 is 0.233 bits per heavy atom. The molecule has 0 atom stereocenters. The normalized spacial score (nSPS) is 14.2. The van der Waals surface area contributed by atoms with Crippen molar-refractivity contribution < 1.29 is 19.6 Å². The quantitative estimate of drug-likeness (QED) is 0.0641. The van der Waals surface area contributed by atoms with E-state index >= 15 is 4.79 Å². The van der Waals surface area contributed by atoms with Crippen molar-refractivity contribution in [3.63, 3.8) is 0 Å². The Hall–Kier alpha value is -5.44. The van der Waals surface area contributed by atoms with Crippen LogP contribution >= 0.6 is 16.8 Å². The van der Waals surface area contributed by atoms with Crippen LogP contribution in [0.1, 0.15) is 1.43 Å².